The number of nitrogens with two attached hydrogens (primary N) is 1. The lowest BCUT2D eigenvalue weighted by molar-refractivity contribution is 0.289. The van der Waals surface area contributed by atoms with Gasteiger partial charge in [-0.05, 0) is 36.0 Å². The zero-order valence-electron chi connectivity index (χ0n) is 12.4. The number of nitrogens with one attached hydrogen (secondary N) is 1. The molecule has 0 radical (unpaired) electrons. The van der Waals surface area contributed by atoms with E-state index in [9.17, 15) is 8.42 Å². The third kappa shape index (κ3) is 4.36. The Labute approximate surface area is 126 Å². The second-order valence-corrected chi connectivity index (χ2v) is 7.86. The van der Waals surface area contributed by atoms with Gasteiger partial charge in [-0.25, -0.2) is 13.1 Å². The molecule has 6 heteroatoms. The maximum Gasteiger partial charge on any atom is 0.242 e. The number of halogens is 1. The number of nitrogen functional groups attached to an aromatic ring is 1. The Morgan fingerprint density at radius 2 is 1.75 bits per heavy atom. The SMILES string of the molecule is CC(C)C(CNS(=O)(=O)c1cc(Cl)ccc1N)C(C)C. The zero-order valence-corrected chi connectivity index (χ0v) is 13.9. The first kappa shape index (κ1) is 17.3. The summed E-state index contributed by atoms with van der Waals surface area (Å²) in [5.41, 5.74) is 5.93. The molecule has 0 saturated carbocycles. The van der Waals surface area contributed by atoms with Crippen LogP contribution >= 0.6 is 11.6 Å². The molecule has 0 aromatic heterocycles. The van der Waals surface area contributed by atoms with E-state index in [4.69, 9.17) is 17.3 Å². The second-order valence-electron chi connectivity index (χ2n) is 5.69. The van der Waals surface area contributed by atoms with Crippen molar-refractivity contribution in [1.82, 2.24) is 4.72 Å². The summed E-state index contributed by atoms with van der Waals surface area (Å²) in [6.07, 6.45) is 0. The van der Waals surface area contributed by atoms with Gasteiger partial charge in [-0.3, -0.25) is 0 Å². The summed E-state index contributed by atoms with van der Waals surface area (Å²) in [4.78, 5) is 0.0382. The van der Waals surface area contributed by atoms with Gasteiger partial charge in [0.1, 0.15) is 4.90 Å². The van der Waals surface area contributed by atoms with Crippen molar-refractivity contribution < 1.29 is 8.42 Å². The molecular weight excluding hydrogens is 296 g/mol. The maximum absolute atomic E-state index is 12.3. The summed E-state index contributed by atoms with van der Waals surface area (Å²) in [6, 6.07) is 4.44. The molecule has 0 unspecified atom stereocenters. The molecule has 0 fully saturated rings. The van der Waals surface area contributed by atoms with E-state index in [1.54, 1.807) is 6.07 Å². The maximum atomic E-state index is 12.3. The van der Waals surface area contributed by atoms with Crippen molar-refractivity contribution in [3.8, 4) is 0 Å². The standard InChI is InChI=1S/C14H23ClN2O2S/c1-9(2)12(10(3)4)8-17-20(18,19)14-7-11(15)5-6-13(14)16/h5-7,9-10,12,17H,8,16H2,1-4H3. The van der Waals surface area contributed by atoms with Gasteiger partial charge in [0.05, 0.1) is 5.69 Å². The summed E-state index contributed by atoms with van der Waals surface area (Å²) >= 11 is 5.84. The normalized spacial score (nSPS) is 12.6. The Bertz CT molecular complexity index is 548. The van der Waals surface area contributed by atoms with Crippen LogP contribution < -0.4 is 10.5 Å². The molecule has 1 rings (SSSR count). The van der Waals surface area contributed by atoms with Crippen LogP contribution in [0.25, 0.3) is 0 Å². The van der Waals surface area contributed by atoms with Crippen molar-refractivity contribution in [2.45, 2.75) is 32.6 Å². The fourth-order valence-corrected chi connectivity index (χ4v) is 3.73. The Morgan fingerprint density at radius 3 is 2.25 bits per heavy atom. The van der Waals surface area contributed by atoms with Crippen molar-refractivity contribution in [1.29, 1.82) is 0 Å². The van der Waals surface area contributed by atoms with E-state index in [0.717, 1.165) is 0 Å². The molecule has 0 heterocycles. The first-order valence-corrected chi connectivity index (χ1v) is 8.56. The van der Waals surface area contributed by atoms with Crippen LogP contribution in [0.5, 0.6) is 0 Å². The van der Waals surface area contributed by atoms with Crippen LogP contribution in [0.1, 0.15) is 27.7 Å². The lowest BCUT2D eigenvalue weighted by atomic mass is 9.86. The minimum absolute atomic E-state index is 0.0382. The minimum Gasteiger partial charge on any atom is -0.398 e. The highest BCUT2D eigenvalue weighted by atomic mass is 35.5. The summed E-state index contributed by atoms with van der Waals surface area (Å²) < 4.78 is 27.2. The van der Waals surface area contributed by atoms with Gasteiger partial charge in [-0.1, -0.05) is 39.3 Å². The van der Waals surface area contributed by atoms with E-state index in [0.29, 0.717) is 23.4 Å². The molecule has 0 aliphatic carbocycles. The predicted octanol–water partition coefficient (Wildman–Crippen LogP) is 3.13. The van der Waals surface area contributed by atoms with Gasteiger partial charge in [0.2, 0.25) is 10.0 Å². The Kier molecular flexibility index (Phi) is 5.86. The van der Waals surface area contributed by atoms with Crippen molar-refractivity contribution in [2.75, 3.05) is 12.3 Å². The highest BCUT2D eigenvalue weighted by molar-refractivity contribution is 7.89. The van der Waals surface area contributed by atoms with Crippen molar-refractivity contribution in [3.63, 3.8) is 0 Å². The lowest BCUT2D eigenvalue weighted by Gasteiger charge is -2.25. The third-order valence-electron chi connectivity index (χ3n) is 3.49. The zero-order chi connectivity index (χ0) is 15.5. The van der Waals surface area contributed by atoms with Crippen molar-refractivity contribution in [2.24, 2.45) is 17.8 Å². The first-order valence-electron chi connectivity index (χ1n) is 6.70. The van der Waals surface area contributed by atoms with Gasteiger partial charge in [-0.15, -0.1) is 0 Å². The monoisotopic (exact) mass is 318 g/mol. The summed E-state index contributed by atoms with van der Waals surface area (Å²) in [5, 5.41) is 0.351. The molecule has 20 heavy (non-hydrogen) atoms. The number of rotatable bonds is 6. The average Bonchev–Trinajstić information content (AvgIpc) is 2.31. The molecule has 1 aromatic carbocycles. The van der Waals surface area contributed by atoms with Gasteiger partial charge in [0.15, 0.2) is 0 Å². The van der Waals surface area contributed by atoms with Gasteiger partial charge in [0.25, 0.3) is 0 Å². The topological polar surface area (TPSA) is 72.2 Å². The van der Waals surface area contributed by atoms with Gasteiger partial charge < -0.3 is 5.73 Å². The van der Waals surface area contributed by atoms with E-state index in [1.807, 2.05) is 0 Å². The molecule has 114 valence electrons. The van der Waals surface area contributed by atoms with Crippen LogP contribution in [-0.2, 0) is 10.0 Å². The summed E-state index contributed by atoms with van der Waals surface area (Å²) in [7, 11) is -3.63. The molecule has 1 aromatic rings. The quantitative estimate of drug-likeness (QED) is 0.791. The molecule has 0 atom stereocenters. The van der Waals surface area contributed by atoms with E-state index in [1.165, 1.54) is 12.1 Å². The fourth-order valence-electron chi connectivity index (χ4n) is 2.27. The predicted molar refractivity (Wildman–Crippen MR) is 84.2 cm³/mol. The number of sulfonamides is 1. The summed E-state index contributed by atoms with van der Waals surface area (Å²) in [5.74, 6) is 1.06. The molecule has 3 N–H and O–H groups in total. The first-order chi connectivity index (χ1) is 9.15. The van der Waals surface area contributed by atoms with Gasteiger partial charge in [-0.2, -0.15) is 0 Å². The third-order valence-corrected chi connectivity index (χ3v) is 5.20. The molecule has 4 nitrogen and oxygen atoms in total. The number of hydrogen-bond acceptors (Lipinski definition) is 3. The molecule has 0 bridgehead atoms. The van der Waals surface area contributed by atoms with E-state index in [-0.39, 0.29) is 16.5 Å². The van der Waals surface area contributed by atoms with Crippen LogP contribution in [0.3, 0.4) is 0 Å². The average molecular weight is 319 g/mol. The Hall–Kier alpha value is -0.780. The Balaban J connectivity index is 2.93. The van der Waals surface area contributed by atoms with Crippen LogP contribution in [0.4, 0.5) is 5.69 Å². The Morgan fingerprint density at radius 1 is 1.20 bits per heavy atom. The molecular formula is C14H23ClN2O2S. The fraction of sp³-hybridized carbons (Fsp3) is 0.571. The molecule has 0 aliphatic heterocycles. The highest BCUT2D eigenvalue weighted by Crippen LogP contribution is 2.24. The molecule has 0 spiro atoms. The minimum atomic E-state index is -3.63. The van der Waals surface area contributed by atoms with Crippen LogP contribution in [0.2, 0.25) is 5.02 Å². The van der Waals surface area contributed by atoms with E-state index < -0.39 is 10.0 Å². The number of hydrogen-bond donors (Lipinski definition) is 2. The smallest absolute Gasteiger partial charge is 0.242 e. The molecule has 0 amide bonds. The second kappa shape index (κ2) is 6.78. The lowest BCUT2D eigenvalue weighted by Crippen LogP contribution is -2.34. The van der Waals surface area contributed by atoms with Crippen LogP contribution in [0, 0.1) is 17.8 Å². The summed E-state index contributed by atoms with van der Waals surface area (Å²) in [6.45, 7) is 8.75. The van der Waals surface area contributed by atoms with Crippen molar-refractivity contribution in [3.05, 3.63) is 23.2 Å². The van der Waals surface area contributed by atoms with Crippen LogP contribution in [-0.4, -0.2) is 15.0 Å². The molecule has 0 saturated heterocycles. The largest absolute Gasteiger partial charge is 0.398 e. The number of benzene rings is 1. The van der Waals surface area contributed by atoms with E-state index in [2.05, 4.69) is 32.4 Å². The molecule has 0 aliphatic rings. The van der Waals surface area contributed by atoms with Crippen molar-refractivity contribution >= 4 is 27.3 Å². The van der Waals surface area contributed by atoms with Gasteiger partial charge in [0, 0.05) is 11.6 Å². The highest BCUT2D eigenvalue weighted by Gasteiger charge is 2.23. The number of anilines is 1. The van der Waals surface area contributed by atoms with Crippen LogP contribution in [0.15, 0.2) is 23.1 Å². The van der Waals surface area contributed by atoms with Gasteiger partial charge >= 0.3 is 0 Å². The van der Waals surface area contributed by atoms with E-state index >= 15 is 0 Å².